The monoisotopic (exact) mass is 176 g/mol. The smallest absolute Gasteiger partial charge is 0.139 e. The fraction of sp³-hybridized carbons (Fsp3) is 0.818. The number of hydrogen-bond acceptors (Lipinski definition) is 2. The molecular formula is C11H12O2. The van der Waals surface area contributed by atoms with Crippen LogP contribution in [0.3, 0.4) is 0 Å². The average Bonchev–Trinajstić information content (AvgIpc) is 2.69. The molecule has 68 valence electrons. The highest BCUT2D eigenvalue weighted by Crippen LogP contribution is 2.67. The summed E-state index contributed by atoms with van der Waals surface area (Å²) >= 11 is 0. The Morgan fingerprint density at radius 2 is 1.69 bits per heavy atom. The summed E-state index contributed by atoms with van der Waals surface area (Å²) in [6.45, 7) is 0. The lowest BCUT2D eigenvalue weighted by Crippen LogP contribution is -2.27. The Morgan fingerprint density at radius 1 is 0.923 bits per heavy atom. The van der Waals surface area contributed by atoms with Gasteiger partial charge in [0.15, 0.2) is 0 Å². The number of hydrogen-bond donors (Lipinski definition) is 0. The van der Waals surface area contributed by atoms with E-state index in [0.717, 1.165) is 19.3 Å². The topological polar surface area (TPSA) is 34.1 Å². The van der Waals surface area contributed by atoms with Crippen LogP contribution >= 0.6 is 0 Å². The highest BCUT2D eigenvalue weighted by molar-refractivity contribution is 5.94. The van der Waals surface area contributed by atoms with Crippen LogP contribution in [0, 0.1) is 35.5 Å². The van der Waals surface area contributed by atoms with Crippen LogP contribution in [0.2, 0.25) is 0 Å². The van der Waals surface area contributed by atoms with Crippen molar-refractivity contribution in [2.45, 2.75) is 19.3 Å². The first-order chi connectivity index (χ1) is 6.27. The van der Waals surface area contributed by atoms with Crippen molar-refractivity contribution in [3.63, 3.8) is 0 Å². The van der Waals surface area contributed by atoms with Crippen LogP contribution in [0.15, 0.2) is 0 Å². The molecule has 0 radical (unpaired) electrons. The van der Waals surface area contributed by atoms with Crippen molar-refractivity contribution in [3.05, 3.63) is 0 Å². The first-order valence-corrected chi connectivity index (χ1v) is 5.34. The van der Waals surface area contributed by atoms with Gasteiger partial charge in [-0.3, -0.25) is 9.59 Å². The molecule has 0 N–H and O–H groups in total. The number of carbonyl (C=O) groups excluding carboxylic acids is 2. The molecule has 0 amide bonds. The second kappa shape index (κ2) is 1.75. The van der Waals surface area contributed by atoms with E-state index in [4.69, 9.17) is 0 Å². The molecule has 2 bridgehead atoms. The Balaban J connectivity index is 1.92. The summed E-state index contributed by atoms with van der Waals surface area (Å²) in [5.41, 5.74) is 0. The van der Waals surface area contributed by atoms with Crippen LogP contribution < -0.4 is 0 Å². The SMILES string of the molecule is O=C1C2CC3C1CC1C(=O)CC2C13. The predicted molar refractivity (Wildman–Crippen MR) is 44.8 cm³/mol. The summed E-state index contributed by atoms with van der Waals surface area (Å²) in [6.07, 6.45) is 2.78. The summed E-state index contributed by atoms with van der Waals surface area (Å²) in [5, 5.41) is 0. The molecule has 0 aromatic heterocycles. The van der Waals surface area contributed by atoms with E-state index in [1.54, 1.807) is 0 Å². The zero-order chi connectivity index (χ0) is 8.74. The lowest BCUT2D eigenvalue weighted by molar-refractivity contribution is -0.128. The third-order valence-electron chi connectivity index (χ3n) is 5.10. The van der Waals surface area contributed by atoms with Crippen molar-refractivity contribution < 1.29 is 9.59 Å². The van der Waals surface area contributed by atoms with Crippen molar-refractivity contribution >= 4 is 11.6 Å². The maximum Gasteiger partial charge on any atom is 0.139 e. The van der Waals surface area contributed by atoms with E-state index in [-0.39, 0.29) is 0 Å². The Kier molecular flexibility index (Phi) is 0.907. The van der Waals surface area contributed by atoms with Gasteiger partial charge in [-0.15, -0.1) is 0 Å². The largest absolute Gasteiger partial charge is 0.299 e. The first kappa shape index (κ1) is 6.74. The quantitative estimate of drug-likeness (QED) is 0.552. The highest BCUT2D eigenvalue weighted by atomic mass is 16.1. The first-order valence-electron chi connectivity index (χ1n) is 5.34. The van der Waals surface area contributed by atoms with E-state index in [2.05, 4.69) is 0 Å². The molecule has 4 aliphatic rings. The molecule has 13 heavy (non-hydrogen) atoms. The van der Waals surface area contributed by atoms with Crippen molar-refractivity contribution in [1.29, 1.82) is 0 Å². The third kappa shape index (κ3) is 0.527. The minimum Gasteiger partial charge on any atom is -0.299 e. The van der Waals surface area contributed by atoms with Crippen LogP contribution in [0.25, 0.3) is 0 Å². The summed E-state index contributed by atoms with van der Waals surface area (Å²) in [5.74, 6) is 3.64. The number of carbonyl (C=O) groups is 2. The molecule has 0 aromatic carbocycles. The maximum absolute atomic E-state index is 11.8. The lowest BCUT2D eigenvalue weighted by Gasteiger charge is -2.22. The predicted octanol–water partition coefficient (Wildman–Crippen LogP) is 1.05. The van der Waals surface area contributed by atoms with Gasteiger partial charge >= 0.3 is 0 Å². The molecule has 0 heterocycles. The van der Waals surface area contributed by atoms with Gasteiger partial charge in [0.1, 0.15) is 11.6 Å². The second-order valence-electron chi connectivity index (χ2n) is 5.27. The zero-order valence-electron chi connectivity index (χ0n) is 7.40. The molecule has 0 aliphatic heterocycles. The molecular weight excluding hydrogens is 164 g/mol. The number of rotatable bonds is 0. The van der Waals surface area contributed by atoms with Gasteiger partial charge < -0.3 is 0 Å². The molecule has 2 heteroatoms. The normalized spacial score (nSPS) is 61.2. The van der Waals surface area contributed by atoms with Crippen LogP contribution in [0.4, 0.5) is 0 Å². The van der Waals surface area contributed by atoms with Gasteiger partial charge in [0.2, 0.25) is 0 Å². The van der Waals surface area contributed by atoms with Crippen molar-refractivity contribution in [3.8, 4) is 0 Å². The molecule has 4 rings (SSSR count). The Labute approximate surface area is 76.7 Å². The summed E-state index contributed by atoms with van der Waals surface area (Å²) in [6, 6.07) is 0. The van der Waals surface area contributed by atoms with Crippen molar-refractivity contribution in [2.24, 2.45) is 35.5 Å². The molecule has 4 aliphatic carbocycles. The standard InChI is InChI=1S/C11H12O2/c12-9-3-5-6-1-4-7(11(6)13)2-8(9)10(4)5/h4-8,10H,1-3H2. The number of fused-ring (bicyclic) bond motifs is 2. The van der Waals surface area contributed by atoms with E-state index in [9.17, 15) is 9.59 Å². The molecule has 4 saturated carbocycles. The van der Waals surface area contributed by atoms with Crippen LogP contribution in [0.5, 0.6) is 0 Å². The summed E-state index contributed by atoms with van der Waals surface area (Å²) < 4.78 is 0. The Hall–Kier alpha value is -0.660. The fourth-order valence-electron chi connectivity index (χ4n) is 4.78. The Morgan fingerprint density at radius 3 is 2.54 bits per heavy atom. The third-order valence-corrected chi connectivity index (χ3v) is 5.10. The van der Waals surface area contributed by atoms with Crippen LogP contribution in [-0.2, 0) is 9.59 Å². The van der Waals surface area contributed by atoms with E-state index in [1.165, 1.54) is 0 Å². The molecule has 0 aromatic rings. The van der Waals surface area contributed by atoms with Gasteiger partial charge in [-0.25, -0.2) is 0 Å². The van der Waals surface area contributed by atoms with Crippen molar-refractivity contribution in [1.82, 2.24) is 0 Å². The van der Waals surface area contributed by atoms with E-state index in [1.807, 2.05) is 0 Å². The molecule has 0 saturated heterocycles. The maximum atomic E-state index is 11.8. The van der Waals surface area contributed by atoms with Gasteiger partial charge in [-0.2, -0.15) is 0 Å². The minimum absolute atomic E-state index is 0.302. The molecule has 4 fully saturated rings. The number of Topliss-reactive ketones (excluding diaryl/α,β-unsaturated/α-hetero) is 2. The van der Waals surface area contributed by atoms with Crippen molar-refractivity contribution in [2.75, 3.05) is 0 Å². The summed E-state index contributed by atoms with van der Waals surface area (Å²) in [7, 11) is 0. The van der Waals surface area contributed by atoms with Gasteiger partial charge in [0.05, 0.1) is 0 Å². The van der Waals surface area contributed by atoms with Gasteiger partial charge in [0.25, 0.3) is 0 Å². The van der Waals surface area contributed by atoms with E-state index < -0.39 is 0 Å². The minimum atomic E-state index is 0.302. The van der Waals surface area contributed by atoms with Crippen LogP contribution in [-0.4, -0.2) is 11.6 Å². The lowest BCUT2D eigenvalue weighted by atomic mass is 9.80. The summed E-state index contributed by atoms with van der Waals surface area (Å²) in [4.78, 5) is 23.4. The van der Waals surface area contributed by atoms with Gasteiger partial charge in [-0.1, -0.05) is 0 Å². The van der Waals surface area contributed by atoms with Gasteiger partial charge in [-0.05, 0) is 30.6 Å². The molecule has 2 nitrogen and oxygen atoms in total. The molecule has 6 unspecified atom stereocenters. The molecule has 0 spiro atoms. The average molecular weight is 176 g/mol. The Bertz CT molecular complexity index is 333. The fourth-order valence-corrected chi connectivity index (χ4v) is 4.78. The highest BCUT2D eigenvalue weighted by Gasteiger charge is 2.68. The van der Waals surface area contributed by atoms with E-state index >= 15 is 0 Å². The second-order valence-corrected chi connectivity index (χ2v) is 5.27. The van der Waals surface area contributed by atoms with Crippen LogP contribution in [0.1, 0.15) is 19.3 Å². The zero-order valence-corrected chi connectivity index (χ0v) is 7.40. The number of ketones is 2. The van der Waals surface area contributed by atoms with Gasteiger partial charge in [0, 0.05) is 24.2 Å². The van der Waals surface area contributed by atoms with E-state index in [0.29, 0.717) is 47.1 Å². The molecule has 6 atom stereocenters.